The first-order chi connectivity index (χ1) is 15.4. The Labute approximate surface area is 193 Å². The second-order valence-electron chi connectivity index (χ2n) is 8.90. The summed E-state index contributed by atoms with van der Waals surface area (Å²) in [6, 6.07) is 13.1. The number of methoxy groups -OCH3 is 1. The number of carboxylic acid groups (broad SMARTS) is 1. The maximum Gasteiger partial charge on any atom is 0.306 e. The van der Waals surface area contributed by atoms with Crippen LogP contribution in [0.1, 0.15) is 87.8 Å². The van der Waals surface area contributed by atoms with Crippen molar-refractivity contribution < 1.29 is 19.0 Å². The fraction of sp³-hybridized carbons (Fsp3) is 0.536. The maximum atomic E-state index is 13.7. The number of aryl methyl sites for hydroxylation is 1. The molecule has 0 radical (unpaired) electrons. The van der Waals surface area contributed by atoms with Gasteiger partial charge in [0, 0.05) is 0 Å². The highest BCUT2D eigenvalue weighted by molar-refractivity contribution is 5.69. The van der Waals surface area contributed by atoms with Gasteiger partial charge in [0.05, 0.1) is 13.0 Å². The molecule has 1 N–H and O–H groups in total. The van der Waals surface area contributed by atoms with E-state index in [0.717, 1.165) is 23.3 Å². The molecule has 2 aromatic rings. The van der Waals surface area contributed by atoms with E-state index in [1.165, 1.54) is 56.9 Å². The van der Waals surface area contributed by atoms with Crippen LogP contribution in [0.15, 0.2) is 42.5 Å². The number of ether oxygens (including phenoxy) is 1. The third-order valence-electron chi connectivity index (χ3n) is 5.96. The molecule has 1 atom stereocenters. The number of carboxylic acids is 1. The quantitative estimate of drug-likeness (QED) is 0.502. The van der Waals surface area contributed by atoms with Gasteiger partial charge in [-0.2, -0.15) is 0 Å². The van der Waals surface area contributed by atoms with Crippen molar-refractivity contribution in [3.8, 4) is 5.75 Å². The topological polar surface area (TPSA) is 46.5 Å². The normalized spacial score (nSPS) is 16.0. The lowest BCUT2D eigenvalue weighted by Crippen LogP contribution is -2.12. The summed E-state index contributed by atoms with van der Waals surface area (Å²) in [5.41, 5.74) is 3.21. The van der Waals surface area contributed by atoms with Crippen molar-refractivity contribution in [2.75, 3.05) is 7.11 Å². The Hall–Kier alpha value is -2.36. The van der Waals surface area contributed by atoms with Crippen LogP contribution in [0.2, 0.25) is 0 Å². The van der Waals surface area contributed by atoms with E-state index in [0.29, 0.717) is 12.3 Å². The Kier molecular flexibility index (Phi) is 11.3. The third kappa shape index (κ3) is 9.42. The predicted octanol–water partition coefficient (Wildman–Crippen LogP) is 7.56. The van der Waals surface area contributed by atoms with Crippen molar-refractivity contribution in [3.05, 3.63) is 65.0 Å². The summed E-state index contributed by atoms with van der Waals surface area (Å²) < 4.78 is 18.7. The standard InChI is InChI=1S/C14H19F.C11H14O3.C3H6/c1-2-11-8-9-14(15)13(10-11)12-6-4-3-5-7-12;1-8(11(12)13)6-9-4-3-5-10(7-9)14-2;1-2-3-1/h8-10,12H,2-7H2,1H3;3-5,7-8H,6H2,1-2H3,(H,12,13);1-3H2/t;8-;/m.0./s1. The van der Waals surface area contributed by atoms with Gasteiger partial charge in [0.15, 0.2) is 0 Å². The predicted molar refractivity (Wildman–Crippen MR) is 129 cm³/mol. The van der Waals surface area contributed by atoms with Gasteiger partial charge in [0.1, 0.15) is 11.6 Å². The van der Waals surface area contributed by atoms with E-state index >= 15 is 0 Å². The summed E-state index contributed by atoms with van der Waals surface area (Å²) in [4.78, 5) is 10.6. The van der Waals surface area contributed by atoms with Crippen LogP contribution in [0, 0.1) is 11.7 Å². The highest BCUT2D eigenvalue weighted by Gasteiger charge is 2.18. The van der Waals surface area contributed by atoms with E-state index < -0.39 is 5.97 Å². The second kappa shape index (κ2) is 13.9. The van der Waals surface area contributed by atoms with Gasteiger partial charge < -0.3 is 9.84 Å². The summed E-state index contributed by atoms with van der Waals surface area (Å²) in [6.45, 7) is 3.82. The monoisotopic (exact) mass is 442 g/mol. The summed E-state index contributed by atoms with van der Waals surface area (Å²) in [7, 11) is 1.60. The zero-order valence-corrected chi connectivity index (χ0v) is 19.9. The zero-order chi connectivity index (χ0) is 23.3. The van der Waals surface area contributed by atoms with Gasteiger partial charge in [0.25, 0.3) is 0 Å². The molecule has 0 saturated heterocycles. The van der Waals surface area contributed by atoms with Crippen LogP contribution in [0.25, 0.3) is 0 Å². The highest BCUT2D eigenvalue weighted by Crippen LogP contribution is 2.34. The van der Waals surface area contributed by atoms with Crippen molar-refractivity contribution in [1.82, 2.24) is 0 Å². The molecule has 2 aromatic carbocycles. The van der Waals surface area contributed by atoms with Crippen LogP contribution >= 0.6 is 0 Å². The van der Waals surface area contributed by atoms with Crippen molar-refractivity contribution >= 4 is 5.97 Å². The van der Waals surface area contributed by atoms with Gasteiger partial charge in [-0.15, -0.1) is 0 Å². The molecule has 176 valence electrons. The van der Waals surface area contributed by atoms with Crippen molar-refractivity contribution in [1.29, 1.82) is 0 Å². The highest BCUT2D eigenvalue weighted by atomic mass is 19.1. The molecule has 0 spiro atoms. The SMILES string of the molecule is C1CC1.CCc1ccc(F)c(C2CCCCC2)c1.COc1cccc(C[C@H](C)C(=O)O)c1. The lowest BCUT2D eigenvalue weighted by Gasteiger charge is -2.22. The number of rotatable bonds is 6. The molecule has 2 fully saturated rings. The molecular weight excluding hydrogens is 403 g/mol. The Morgan fingerprint density at radius 2 is 1.69 bits per heavy atom. The smallest absolute Gasteiger partial charge is 0.306 e. The van der Waals surface area contributed by atoms with Crippen LogP contribution in [-0.2, 0) is 17.6 Å². The molecule has 3 nitrogen and oxygen atoms in total. The minimum absolute atomic E-state index is 0.000833. The van der Waals surface area contributed by atoms with E-state index in [9.17, 15) is 9.18 Å². The molecule has 4 rings (SSSR count). The van der Waals surface area contributed by atoms with Gasteiger partial charge in [-0.3, -0.25) is 4.79 Å². The number of halogens is 1. The number of carbonyl (C=O) groups is 1. The first-order valence-corrected chi connectivity index (χ1v) is 12.1. The molecule has 0 aliphatic heterocycles. The van der Waals surface area contributed by atoms with Crippen LogP contribution in [0.5, 0.6) is 5.75 Å². The van der Waals surface area contributed by atoms with E-state index in [-0.39, 0.29) is 11.7 Å². The molecule has 2 aliphatic rings. The molecule has 0 unspecified atom stereocenters. The van der Waals surface area contributed by atoms with Gasteiger partial charge in [-0.05, 0) is 66.5 Å². The zero-order valence-electron chi connectivity index (χ0n) is 19.9. The number of aliphatic carboxylic acids is 1. The van der Waals surface area contributed by atoms with Crippen molar-refractivity contribution in [3.63, 3.8) is 0 Å². The average Bonchev–Trinajstić information content (AvgIpc) is 3.70. The lowest BCUT2D eigenvalue weighted by atomic mass is 9.83. The third-order valence-corrected chi connectivity index (χ3v) is 5.96. The van der Waals surface area contributed by atoms with Crippen LogP contribution < -0.4 is 4.74 Å². The molecular formula is C28H39FO3. The fourth-order valence-corrected chi connectivity index (χ4v) is 3.78. The Bertz CT molecular complexity index is 822. The van der Waals surface area contributed by atoms with E-state index in [1.807, 2.05) is 30.3 Å². The largest absolute Gasteiger partial charge is 0.497 e. The van der Waals surface area contributed by atoms with Crippen molar-refractivity contribution in [2.45, 2.75) is 84.0 Å². The van der Waals surface area contributed by atoms with Gasteiger partial charge in [-0.1, -0.05) is 76.6 Å². The number of hydrogen-bond donors (Lipinski definition) is 1. The van der Waals surface area contributed by atoms with Crippen LogP contribution in [-0.4, -0.2) is 18.2 Å². The maximum absolute atomic E-state index is 13.7. The van der Waals surface area contributed by atoms with E-state index in [4.69, 9.17) is 9.84 Å². The van der Waals surface area contributed by atoms with Gasteiger partial charge in [0.2, 0.25) is 0 Å². The molecule has 0 bridgehead atoms. The molecule has 32 heavy (non-hydrogen) atoms. The Balaban J connectivity index is 0.000000200. The number of benzene rings is 2. The molecule has 0 amide bonds. The summed E-state index contributed by atoms with van der Waals surface area (Å²) in [5, 5.41) is 8.74. The van der Waals surface area contributed by atoms with Crippen LogP contribution in [0.3, 0.4) is 0 Å². The summed E-state index contributed by atoms with van der Waals surface area (Å²) in [6.07, 6.45) is 12.2. The second-order valence-corrected chi connectivity index (χ2v) is 8.90. The van der Waals surface area contributed by atoms with E-state index in [1.54, 1.807) is 20.1 Å². The summed E-state index contributed by atoms with van der Waals surface area (Å²) in [5.74, 6) is 0.111. The van der Waals surface area contributed by atoms with Crippen LogP contribution in [0.4, 0.5) is 4.39 Å². The fourth-order valence-electron chi connectivity index (χ4n) is 3.78. The average molecular weight is 443 g/mol. The van der Waals surface area contributed by atoms with Gasteiger partial charge in [-0.25, -0.2) is 4.39 Å². The first-order valence-electron chi connectivity index (χ1n) is 12.1. The summed E-state index contributed by atoms with van der Waals surface area (Å²) >= 11 is 0. The lowest BCUT2D eigenvalue weighted by molar-refractivity contribution is -0.141. The van der Waals surface area contributed by atoms with E-state index in [2.05, 4.69) is 13.0 Å². The van der Waals surface area contributed by atoms with Gasteiger partial charge >= 0.3 is 5.97 Å². The number of hydrogen-bond acceptors (Lipinski definition) is 2. The Morgan fingerprint density at radius 3 is 2.25 bits per heavy atom. The van der Waals surface area contributed by atoms with Crippen molar-refractivity contribution in [2.24, 2.45) is 5.92 Å². The molecule has 2 aliphatic carbocycles. The molecule has 4 heteroatoms. The molecule has 0 heterocycles. The minimum atomic E-state index is -0.771. The minimum Gasteiger partial charge on any atom is -0.497 e. The first kappa shape index (κ1) is 25.9. The molecule has 0 aromatic heterocycles. The Morgan fingerprint density at radius 1 is 1.03 bits per heavy atom. The molecule has 2 saturated carbocycles.